The molecule has 0 spiro atoms. The first-order valence-electron chi connectivity index (χ1n) is 7.73. The molecule has 0 aliphatic rings. The zero-order valence-electron chi connectivity index (χ0n) is 13.5. The number of aromatic nitrogens is 2. The number of halogens is 2. The average Bonchev–Trinajstić information content (AvgIpc) is 2.61. The number of fused-ring (bicyclic) bond motifs is 1. The van der Waals surface area contributed by atoms with E-state index in [1.165, 1.54) is 18.5 Å². The van der Waals surface area contributed by atoms with Gasteiger partial charge in [-0.3, -0.25) is 4.79 Å². The van der Waals surface area contributed by atoms with E-state index < -0.39 is 11.6 Å². The fraction of sp³-hybridized carbons (Fsp3) is 0.167. The molecule has 7 heteroatoms. The smallest absolute Gasteiger partial charge is 0.251 e. The van der Waals surface area contributed by atoms with Crippen molar-refractivity contribution in [2.75, 3.05) is 18.4 Å². The summed E-state index contributed by atoms with van der Waals surface area (Å²) >= 11 is 0. The molecule has 0 aliphatic heterocycles. The van der Waals surface area contributed by atoms with Crippen molar-refractivity contribution in [3.63, 3.8) is 0 Å². The number of nitrogens with zero attached hydrogens (tertiary/aromatic N) is 2. The number of carbonyl (C=O) groups excluding carboxylic acids is 1. The Balaban J connectivity index is 1.59. The van der Waals surface area contributed by atoms with E-state index in [1.807, 2.05) is 0 Å². The third kappa shape index (κ3) is 3.71. The average molecular weight is 342 g/mol. The molecular formula is C18H16F2N4O. The van der Waals surface area contributed by atoms with E-state index in [1.54, 1.807) is 31.2 Å². The molecule has 0 fully saturated rings. The molecule has 1 aromatic heterocycles. The normalized spacial score (nSPS) is 10.7. The second-order valence-corrected chi connectivity index (χ2v) is 5.50. The molecular weight excluding hydrogens is 326 g/mol. The number of benzene rings is 2. The molecule has 3 rings (SSSR count). The Morgan fingerprint density at radius 1 is 1.08 bits per heavy atom. The van der Waals surface area contributed by atoms with E-state index in [0.717, 1.165) is 0 Å². The van der Waals surface area contributed by atoms with Crippen LogP contribution < -0.4 is 10.6 Å². The van der Waals surface area contributed by atoms with Crippen LogP contribution in [0.4, 0.5) is 14.6 Å². The first kappa shape index (κ1) is 16.8. The highest BCUT2D eigenvalue weighted by atomic mass is 19.1. The first-order chi connectivity index (χ1) is 12.1. The molecule has 3 aromatic rings. The highest BCUT2D eigenvalue weighted by Crippen LogP contribution is 2.20. The third-order valence-electron chi connectivity index (χ3n) is 3.75. The second-order valence-electron chi connectivity index (χ2n) is 5.50. The van der Waals surface area contributed by atoms with Crippen LogP contribution in [0, 0.1) is 18.6 Å². The Morgan fingerprint density at radius 2 is 1.92 bits per heavy atom. The molecule has 1 amide bonds. The number of hydrogen-bond donors (Lipinski definition) is 2. The van der Waals surface area contributed by atoms with Crippen LogP contribution in [-0.2, 0) is 0 Å². The van der Waals surface area contributed by atoms with Crippen molar-refractivity contribution in [2.24, 2.45) is 0 Å². The highest BCUT2D eigenvalue weighted by molar-refractivity contribution is 5.94. The lowest BCUT2D eigenvalue weighted by Gasteiger charge is -2.10. The van der Waals surface area contributed by atoms with E-state index in [-0.39, 0.29) is 17.0 Å². The van der Waals surface area contributed by atoms with Gasteiger partial charge < -0.3 is 10.6 Å². The van der Waals surface area contributed by atoms with Crippen LogP contribution in [0.5, 0.6) is 0 Å². The van der Waals surface area contributed by atoms with Crippen LogP contribution in [0.15, 0.2) is 42.7 Å². The van der Waals surface area contributed by atoms with Crippen LogP contribution in [0.25, 0.3) is 10.9 Å². The van der Waals surface area contributed by atoms with Gasteiger partial charge in [-0.25, -0.2) is 18.7 Å². The zero-order chi connectivity index (χ0) is 17.8. The van der Waals surface area contributed by atoms with Gasteiger partial charge >= 0.3 is 0 Å². The van der Waals surface area contributed by atoms with Gasteiger partial charge in [-0.1, -0.05) is 12.1 Å². The fourth-order valence-corrected chi connectivity index (χ4v) is 2.39. The van der Waals surface area contributed by atoms with E-state index in [0.29, 0.717) is 29.9 Å². The molecule has 2 aromatic carbocycles. The Bertz CT molecular complexity index is 930. The van der Waals surface area contributed by atoms with Gasteiger partial charge in [0.2, 0.25) is 0 Å². The molecule has 1 heterocycles. The Hall–Kier alpha value is -3.09. The molecule has 0 atom stereocenters. The predicted molar refractivity (Wildman–Crippen MR) is 91.5 cm³/mol. The summed E-state index contributed by atoms with van der Waals surface area (Å²) < 4.78 is 27.2. The van der Waals surface area contributed by atoms with E-state index >= 15 is 0 Å². The maximum atomic E-state index is 13.7. The largest absolute Gasteiger partial charge is 0.368 e. The molecule has 0 saturated heterocycles. The van der Waals surface area contributed by atoms with Crippen LogP contribution >= 0.6 is 0 Å². The summed E-state index contributed by atoms with van der Waals surface area (Å²) in [7, 11) is 0. The molecule has 25 heavy (non-hydrogen) atoms. The van der Waals surface area contributed by atoms with Crippen molar-refractivity contribution in [2.45, 2.75) is 6.92 Å². The van der Waals surface area contributed by atoms with Crippen molar-refractivity contribution in [1.82, 2.24) is 15.3 Å². The van der Waals surface area contributed by atoms with Crippen LogP contribution in [-0.4, -0.2) is 29.0 Å². The fourth-order valence-electron chi connectivity index (χ4n) is 2.39. The van der Waals surface area contributed by atoms with Gasteiger partial charge in [0.15, 0.2) is 0 Å². The van der Waals surface area contributed by atoms with E-state index in [9.17, 15) is 13.6 Å². The van der Waals surface area contributed by atoms with Crippen molar-refractivity contribution < 1.29 is 13.6 Å². The summed E-state index contributed by atoms with van der Waals surface area (Å²) in [6.07, 6.45) is 1.28. The maximum Gasteiger partial charge on any atom is 0.251 e. The summed E-state index contributed by atoms with van der Waals surface area (Å²) in [4.78, 5) is 20.0. The third-order valence-corrected chi connectivity index (χ3v) is 3.75. The minimum absolute atomic E-state index is 0.235. The standard InChI is InChI=1S/C18H16F2N4O/c1-11-5-6-12(9-15(11)20)18(25)22-8-7-21-17-13-3-2-4-14(19)16(13)23-10-24-17/h2-6,9-10H,7-8H2,1H3,(H,22,25)(H,21,23,24). The molecule has 0 radical (unpaired) electrons. The quantitative estimate of drug-likeness (QED) is 0.700. The van der Waals surface area contributed by atoms with Gasteiger partial charge in [-0.05, 0) is 36.8 Å². The van der Waals surface area contributed by atoms with Gasteiger partial charge in [-0.15, -0.1) is 0 Å². The minimum atomic E-state index is -0.419. The van der Waals surface area contributed by atoms with Crippen LogP contribution in [0.2, 0.25) is 0 Å². The lowest BCUT2D eigenvalue weighted by molar-refractivity contribution is 0.0954. The molecule has 0 saturated carbocycles. The van der Waals surface area contributed by atoms with Crippen LogP contribution in [0.3, 0.4) is 0 Å². The monoisotopic (exact) mass is 342 g/mol. The predicted octanol–water partition coefficient (Wildman–Crippen LogP) is 3.06. The Labute approximate surface area is 143 Å². The van der Waals surface area contributed by atoms with Gasteiger partial charge in [-0.2, -0.15) is 0 Å². The number of amides is 1. The summed E-state index contributed by atoms with van der Waals surface area (Å²) in [6, 6.07) is 8.97. The zero-order valence-corrected chi connectivity index (χ0v) is 13.5. The summed E-state index contributed by atoms with van der Waals surface area (Å²) in [5, 5.41) is 6.29. The van der Waals surface area contributed by atoms with Gasteiger partial charge in [0.05, 0.1) is 0 Å². The number of rotatable bonds is 5. The molecule has 5 nitrogen and oxygen atoms in total. The number of carbonyl (C=O) groups is 1. The van der Waals surface area contributed by atoms with Crippen molar-refractivity contribution in [3.8, 4) is 0 Å². The molecule has 128 valence electrons. The number of aryl methyl sites for hydroxylation is 1. The summed E-state index contributed by atoms with van der Waals surface area (Å²) in [6.45, 7) is 2.31. The Kier molecular flexibility index (Phi) is 4.83. The summed E-state index contributed by atoms with van der Waals surface area (Å²) in [5.74, 6) is -0.711. The van der Waals surface area contributed by atoms with E-state index in [2.05, 4.69) is 20.6 Å². The highest BCUT2D eigenvalue weighted by Gasteiger charge is 2.09. The van der Waals surface area contributed by atoms with E-state index in [4.69, 9.17) is 0 Å². The molecule has 0 unspecified atom stereocenters. The number of anilines is 1. The second kappa shape index (κ2) is 7.21. The van der Waals surface area contributed by atoms with Gasteiger partial charge in [0, 0.05) is 24.0 Å². The maximum absolute atomic E-state index is 13.7. The van der Waals surface area contributed by atoms with Crippen molar-refractivity contribution in [3.05, 3.63) is 65.5 Å². The van der Waals surface area contributed by atoms with Crippen molar-refractivity contribution in [1.29, 1.82) is 0 Å². The first-order valence-corrected chi connectivity index (χ1v) is 7.73. The topological polar surface area (TPSA) is 66.9 Å². The summed E-state index contributed by atoms with van der Waals surface area (Å²) in [5.41, 5.74) is 0.984. The molecule has 2 N–H and O–H groups in total. The lowest BCUT2D eigenvalue weighted by Crippen LogP contribution is -2.29. The number of para-hydroxylation sites is 1. The molecule has 0 aliphatic carbocycles. The van der Waals surface area contributed by atoms with Gasteiger partial charge in [0.25, 0.3) is 5.91 Å². The lowest BCUT2D eigenvalue weighted by atomic mass is 10.1. The number of hydrogen-bond acceptors (Lipinski definition) is 4. The minimum Gasteiger partial charge on any atom is -0.368 e. The van der Waals surface area contributed by atoms with Crippen LogP contribution in [0.1, 0.15) is 15.9 Å². The number of nitrogens with one attached hydrogen (secondary N) is 2. The Morgan fingerprint density at radius 3 is 2.72 bits per heavy atom. The molecule has 0 bridgehead atoms. The van der Waals surface area contributed by atoms with Gasteiger partial charge in [0.1, 0.15) is 29.3 Å². The SMILES string of the molecule is Cc1ccc(C(=O)NCCNc2ncnc3c(F)cccc23)cc1F. The van der Waals surface area contributed by atoms with Crippen molar-refractivity contribution >= 4 is 22.6 Å².